The highest BCUT2D eigenvalue weighted by Crippen LogP contribution is 2.11. The zero-order valence-corrected chi connectivity index (χ0v) is 15.7. The Balaban J connectivity index is 2.13. The minimum absolute atomic E-state index is 0.0853. The number of aromatic amines is 1. The number of H-pyrrole nitrogens is 1. The monoisotopic (exact) mass is 367 g/mol. The Morgan fingerprint density at radius 2 is 1.93 bits per heavy atom. The zero-order chi connectivity index (χ0) is 19.8. The van der Waals surface area contributed by atoms with E-state index in [1.54, 1.807) is 37.5 Å². The second kappa shape index (κ2) is 9.55. The molecule has 0 spiro atoms. The summed E-state index contributed by atoms with van der Waals surface area (Å²) in [4.78, 5) is 32.3. The summed E-state index contributed by atoms with van der Waals surface area (Å²) in [6.07, 6.45) is 8.81. The molecule has 1 aromatic heterocycles. The van der Waals surface area contributed by atoms with Crippen LogP contribution in [0.15, 0.2) is 36.8 Å². The lowest BCUT2D eigenvalue weighted by Gasteiger charge is -2.24. The fourth-order valence-corrected chi connectivity index (χ4v) is 2.73. The zero-order valence-electron chi connectivity index (χ0n) is 15.7. The van der Waals surface area contributed by atoms with Gasteiger partial charge in [-0.1, -0.05) is 19.8 Å². The van der Waals surface area contributed by atoms with Crippen LogP contribution in [0.3, 0.4) is 0 Å². The first-order chi connectivity index (χ1) is 12.9. The second-order valence-corrected chi connectivity index (χ2v) is 6.56. The van der Waals surface area contributed by atoms with Crippen molar-refractivity contribution >= 4 is 17.5 Å². The van der Waals surface area contributed by atoms with Gasteiger partial charge in [0.2, 0.25) is 11.8 Å². The molecule has 142 valence electrons. The maximum absolute atomic E-state index is 12.8. The summed E-state index contributed by atoms with van der Waals surface area (Å²) in [7, 11) is 1.72. The largest absolute Gasteiger partial charge is 0.348 e. The first kappa shape index (κ1) is 20.2. The third-order valence-electron chi connectivity index (χ3n) is 4.19. The van der Waals surface area contributed by atoms with Crippen molar-refractivity contribution in [1.82, 2.24) is 20.6 Å². The Morgan fingerprint density at radius 1 is 1.22 bits per heavy atom. The topological polar surface area (TPSA) is 98.9 Å². The molecule has 1 aromatic carbocycles. The third-order valence-corrected chi connectivity index (χ3v) is 4.19. The Morgan fingerprint density at radius 3 is 2.44 bits per heavy atom. The van der Waals surface area contributed by atoms with E-state index in [4.69, 9.17) is 6.42 Å². The number of hydrogen-bond acceptors (Lipinski definition) is 4. The summed E-state index contributed by atoms with van der Waals surface area (Å²) in [5, 5.41) is 8.64. The number of nitrogens with one attached hydrogen (secondary N) is 4. The normalized spacial score (nSPS) is 12.9. The summed E-state index contributed by atoms with van der Waals surface area (Å²) in [6.45, 7) is 3.88. The van der Waals surface area contributed by atoms with Crippen LogP contribution in [0.1, 0.15) is 25.1 Å². The number of rotatable bonds is 8. The van der Waals surface area contributed by atoms with Gasteiger partial charge in [-0.05, 0) is 37.2 Å². The highest BCUT2D eigenvalue weighted by atomic mass is 16.2. The molecule has 0 saturated carbocycles. The predicted molar refractivity (Wildman–Crippen MR) is 105 cm³/mol. The van der Waals surface area contributed by atoms with Gasteiger partial charge in [0, 0.05) is 29.6 Å². The summed E-state index contributed by atoms with van der Waals surface area (Å²) in [6, 6.07) is 5.80. The van der Waals surface area contributed by atoms with Gasteiger partial charge in [-0.15, -0.1) is 6.42 Å². The molecule has 0 aliphatic rings. The number of terminal acetylenes is 1. The van der Waals surface area contributed by atoms with Gasteiger partial charge in [0.05, 0.1) is 12.4 Å². The van der Waals surface area contributed by atoms with Crippen molar-refractivity contribution in [2.24, 2.45) is 5.92 Å². The van der Waals surface area contributed by atoms with Gasteiger partial charge in [0.1, 0.15) is 6.04 Å². The number of anilines is 1. The van der Waals surface area contributed by atoms with E-state index in [-0.39, 0.29) is 17.7 Å². The maximum Gasteiger partial charge on any atom is 0.247 e. The average molecular weight is 367 g/mol. The molecule has 0 aliphatic heterocycles. The predicted octanol–water partition coefficient (Wildman–Crippen LogP) is 1.30. The van der Waals surface area contributed by atoms with Gasteiger partial charge in [-0.2, -0.15) is 0 Å². The number of benzene rings is 1. The van der Waals surface area contributed by atoms with Crippen LogP contribution >= 0.6 is 0 Å². The highest BCUT2D eigenvalue weighted by Gasteiger charge is 2.27. The molecule has 0 fully saturated rings. The molecule has 4 N–H and O–H groups in total. The molecular weight excluding hydrogens is 342 g/mol. The fourth-order valence-electron chi connectivity index (χ4n) is 2.73. The highest BCUT2D eigenvalue weighted by molar-refractivity contribution is 5.98. The molecule has 2 aromatic rings. The van der Waals surface area contributed by atoms with Crippen LogP contribution in [0, 0.1) is 18.3 Å². The summed E-state index contributed by atoms with van der Waals surface area (Å²) in [5.74, 6) is 2.07. The summed E-state index contributed by atoms with van der Waals surface area (Å²) < 4.78 is 0. The van der Waals surface area contributed by atoms with E-state index in [0.717, 1.165) is 11.3 Å². The van der Waals surface area contributed by atoms with E-state index < -0.39 is 12.1 Å². The molecule has 2 rings (SSSR count). The van der Waals surface area contributed by atoms with Gasteiger partial charge in [0.25, 0.3) is 0 Å². The molecule has 2 unspecified atom stereocenters. The van der Waals surface area contributed by atoms with Crippen molar-refractivity contribution in [2.75, 3.05) is 12.4 Å². The Bertz CT molecular complexity index is 791. The molecular formula is C20H25N5O2. The number of carbonyl (C=O) groups is 2. The quantitative estimate of drug-likeness (QED) is 0.529. The molecule has 2 atom stereocenters. The Kier molecular flexibility index (Phi) is 7.15. The molecule has 27 heavy (non-hydrogen) atoms. The number of aromatic nitrogens is 2. The minimum Gasteiger partial charge on any atom is -0.348 e. The van der Waals surface area contributed by atoms with Gasteiger partial charge < -0.3 is 20.9 Å². The van der Waals surface area contributed by atoms with Crippen molar-refractivity contribution < 1.29 is 9.59 Å². The molecule has 0 bridgehead atoms. The fraction of sp³-hybridized carbons (Fsp3) is 0.350. The molecule has 0 aliphatic carbocycles. The van der Waals surface area contributed by atoms with Gasteiger partial charge >= 0.3 is 0 Å². The van der Waals surface area contributed by atoms with Crippen molar-refractivity contribution in [3.05, 3.63) is 48.0 Å². The average Bonchev–Trinajstić information content (AvgIpc) is 3.15. The molecule has 2 amide bonds. The molecule has 7 heteroatoms. The van der Waals surface area contributed by atoms with Crippen molar-refractivity contribution in [3.8, 4) is 12.3 Å². The van der Waals surface area contributed by atoms with E-state index in [1.165, 1.54) is 6.33 Å². The third kappa shape index (κ3) is 5.69. The molecule has 0 radical (unpaired) electrons. The maximum atomic E-state index is 12.8. The Labute approximate surface area is 159 Å². The van der Waals surface area contributed by atoms with Gasteiger partial charge in [-0.3, -0.25) is 9.59 Å². The van der Waals surface area contributed by atoms with Crippen LogP contribution < -0.4 is 16.0 Å². The lowest BCUT2D eigenvalue weighted by Crippen LogP contribution is -2.53. The summed E-state index contributed by atoms with van der Waals surface area (Å²) in [5.41, 5.74) is 2.09. The SMILES string of the molecule is C#Cc1ccc(NC(=O)C(Cc2cnc[nH]2)NC(=O)C(NC)C(C)C)cc1. The number of nitrogens with zero attached hydrogens (tertiary/aromatic N) is 1. The minimum atomic E-state index is -0.750. The van der Waals surface area contributed by atoms with Crippen LogP contribution in [0.4, 0.5) is 5.69 Å². The molecule has 0 saturated heterocycles. The second-order valence-electron chi connectivity index (χ2n) is 6.56. The van der Waals surface area contributed by atoms with E-state index in [9.17, 15) is 9.59 Å². The van der Waals surface area contributed by atoms with Gasteiger partial charge in [-0.25, -0.2) is 4.98 Å². The number of likely N-dealkylation sites (N-methyl/N-ethyl adjacent to an activating group) is 1. The van der Waals surface area contributed by atoms with Crippen LogP contribution in [0.2, 0.25) is 0 Å². The van der Waals surface area contributed by atoms with Crippen LogP contribution in [-0.2, 0) is 16.0 Å². The van der Waals surface area contributed by atoms with Crippen LogP contribution in [0.5, 0.6) is 0 Å². The van der Waals surface area contributed by atoms with Crippen molar-refractivity contribution in [3.63, 3.8) is 0 Å². The summed E-state index contributed by atoms with van der Waals surface area (Å²) >= 11 is 0. The molecule has 7 nitrogen and oxygen atoms in total. The number of hydrogen-bond donors (Lipinski definition) is 4. The van der Waals surface area contributed by atoms with Crippen molar-refractivity contribution in [1.29, 1.82) is 0 Å². The van der Waals surface area contributed by atoms with E-state index in [1.807, 2.05) is 13.8 Å². The van der Waals surface area contributed by atoms with Crippen molar-refractivity contribution in [2.45, 2.75) is 32.4 Å². The van der Waals surface area contributed by atoms with E-state index in [2.05, 4.69) is 31.8 Å². The number of amides is 2. The lowest BCUT2D eigenvalue weighted by atomic mass is 10.0. The van der Waals surface area contributed by atoms with E-state index >= 15 is 0 Å². The first-order valence-corrected chi connectivity index (χ1v) is 8.77. The smallest absolute Gasteiger partial charge is 0.247 e. The van der Waals surface area contributed by atoms with E-state index in [0.29, 0.717) is 12.1 Å². The number of imidazole rings is 1. The molecule has 1 heterocycles. The van der Waals surface area contributed by atoms with Crippen LogP contribution in [-0.4, -0.2) is 40.9 Å². The Hall–Kier alpha value is -3.11. The van der Waals surface area contributed by atoms with Crippen LogP contribution in [0.25, 0.3) is 0 Å². The first-order valence-electron chi connectivity index (χ1n) is 8.77. The lowest BCUT2D eigenvalue weighted by molar-refractivity contribution is -0.128. The number of carbonyl (C=O) groups excluding carboxylic acids is 2. The standard InChI is InChI=1S/C20H25N5O2/c1-5-14-6-8-15(9-7-14)24-19(26)17(10-16-11-22-12-23-16)25-20(27)18(21-4)13(2)3/h1,6-9,11-13,17-18,21H,10H2,2-4H3,(H,22,23)(H,24,26)(H,25,27). The van der Waals surface area contributed by atoms with Gasteiger partial charge in [0.15, 0.2) is 0 Å².